The molecule has 0 saturated heterocycles. The molecule has 8 nitrogen and oxygen atoms in total. The van der Waals surface area contributed by atoms with Crippen LogP contribution in [0.15, 0.2) is 66.7 Å². The lowest BCUT2D eigenvalue weighted by Gasteiger charge is -2.19. The number of nitro groups is 1. The maximum absolute atomic E-state index is 13.2. The number of Topliss-reactive ketones (excluding diaryl/α,β-unsaturated/α-hetero) is 1. The highest BCUT2D eigenvalue weighted by molar-refractivity contribution is 5.96. The average Bonchev–Trinajstić information content (AvgIpc) is 2.80. The predicted octanol–water partition coefficient (Wildman–Crippen LogP) is 4.89. The van der Waals surface area contributed by atoms with E-state index in [9.17, 15) is 19.7 Å². The van der Waals surface area contributed by atoms with Crippen LogP contribution in [0.2, 0.25) is 0 Å². The molecule has 3 rings (SSSR count). The summed E-state index contributed by atoms with van der Waals surface area (Å²) in [7, 11) is 1.39. The molecule has 0 bridgehead atoms. The molecular weight excluding hydrogens is 422 g/mol. The molecule has 0 radical (unpaired) electrons. The summed E-state index contributed by atoms with van der Waals surface area (Å²) < 4.78 is 5.19. The van der Waals surface area contributed by atoms with E-state index in [1.807, 2.05) is 38.1 Å². The van der Waals surface area contributed by atoms with E-state index in [4.69, 9.17) is 4.74 Å². The molecule has 0 aliphatic heterocycles. The first-order valence-corrected chi connectivity index (χ1v) is 10.3. The van der Waals surface area contributed by atoms with E-state index < -0.39 is 17.0 Å². The third kappa shape index (κ3) is 5.94. The fourth-order valence-corrected chi connectivity index (χ4v) is 3.41. The van der Waals surface area contributed by atoms with Gasteiger partial charge in [0.1, 0.15) is 11.8 Å². The van der Waals surface area contributed by atoms with E-state index in [1.165, 1.54) is 25.3 Å². The summed E-state index contributed by atoms with van der Waals surface area (Å²) in [5.41, 5.74) is 3.63. The van der Waals surface area contributed by atoms with E-state index in [-0.39, 0.29) is 29.3 Å². The first-order valence-electron chi connectivity index (χ1n) is 10.3. The summed E-state index contributed by atoms with van der Waals surface area (Å²) >= 11 is 0. The van der Waals surface area contributed by atoms with Gasteiger partial charge in [-0.2, -0.15) is 0 Å². The molecular formula is C25H25N3O5. The maximum atomic E-state index is 13.2. The number of aryl methyl sites for hydroxylation is 2. The fraction of sp³-hybridized carbons (Fsp3) is 0.200. The van der Waals surface area contributed by atoms with Gasteiger partial charge in [-0.05, 0) is 42.2 Å². The Morgan fingerprint density at radius 2 is 1.73 bits per heavy atom. The van der Waals surface area contributed by atoms with Crippen LogP contribution in [0.4, 0.5) is 16.2 Å². The molecule has 1 atom stereocenters. The van der Waals surface area contributed by atoms with Crippen molar-refractivity contribution in [3.05, 3.63) is 99.1 Å². The monoisotopic (exact) mass is 447 g/mol. The quantitative estimate of drug-likeness (QED) is 0.377. The van der Waals surface area contributed by atoms with Crippen molar-refractivity contribution in [2.24, 2.45) is 0 Å². The number of benzene rings is 3. The number of hydrogen-bond acceptors (Lipinski definition) is 5. The minimum atomic E-state index is -0.905. The molecule has 8 heteroatoms. The van der Waals surface area contributed by atoms with E-state index in [1.54, 1.807) is 24.3 Å². The molecule has 3 aromatic rings. The Hall–Kier alpha value is -4.20. The number of ether oxygens (including phenoxy) is 1. The number of amides is 2. The number of rotatable bonds is 8. The van der Waals surface area contributed by atoms with Crippen LogP contribution < -0.4 is 15.4 Å². The number of anilines is 1. The van der Waals surface area contributed by atoms with Crippen LogP contribution in [0.25, 0.3) is 0 Å². The molecule has 0 aromatic heterocycles. The van der Waals surface area contributed by atoms with Crippen LogP contribution >= 0.6 is 0 Å². The highest BCUT2D eigenvalue weighted by Crippen LogP contribution is 2.29. The Morgan fingerprint density at radius 3 is 2.36 bits per heavy atom. The molecule has 0 saturated carbocycles. The third-order valence-corrected chi connectivity index (χ3v) is 5.32. The number of nitro benzene ring substituents is 1. The summed E-state index contributed by atoms with van der Waals surface area (Å²) in [5.74, 6) is 0.0686. The van der Waals surface area contributed by atoms with Gasteiger partial charge >= 0.3 is 6.03 Å². The molecule has 2 amide bonds. The summed E-state index contributed by atoms with van der Waals surface area (Å²) in [5, 5.41) is 16.4. The van der Waals surface area contributed by atoms with Crippen molar-refractivity contribution in [3.8, 4) is 5.75 Å². The Kier molecular flexibility index (Phi) is 7.40. The Balaban J connectivity index is 1.83. The van der Waals surface area contributed by atoms with Crippen LogP contribution in [0.5, 0.6) is 5.75 Å². The highest BCUT2D eigenvalue weighted by atomic mass is 16.6. The van der Waals surface area contributed by atoms with Crippen LogP contribution in [0.3, 0.4) is 0 Å². The van der Waals surface area contributed by atoms with Gasteiger partial charge in [0, 0.05) is 18.6 Å². The van der Waals surface area contributed by atoms with E-state index in [0.29, 0.717) is 5.56 Å². The SMILES string of the molecule is COc1ccc([N+](=O)[O-])cc1NC(=O)NC(C(=O)Cc1ccc(C)c(C)c1)c1ccccc1. The minimum absolute atomic E-state index is 0.123. The second-order valence-electron chi connectivity index (χ2n) is 7.65. The van der Waals surface area contributed by atoms with Crippen molar-refractivity contribution in [1.29, 1.82) is 0 Å². The summed E-state index contributed by atoms with van der Waals surface area (Å²) in [4.78, 5) is 36.5. The number of non-ortho nitro benzene ring substituents is 1. The first-order chi connectivity index (χ1) is 15.8. The Labute approximate surface area is 191 Å². The molecule has 2 N–H and O–H groups in total. The highest BCUT2D eigenvalue weighted by Gasteiger charge is 2.24. The molecule has 0 aliphatic rings. The summed E-state index contributed by atoms with van der Waals surface area (Å²) in [6.45, 7) is 3.98. The number of ketones is 1. The van der Waals surface area contributed by atoms with Crippen molar-refractivity contribution >= 4 is 23.2 Å². The molecule has 0 heterocycles. The van der Waals surface area contributed by atoms with E-state index >= 15 is 0 Å². The van der Waals surface area contributed by atoms with Gasteiger partial charge in [0.15, 0.2) is 5.78 Å². The van der Waals surface area contributed by atoms with Gasteiger partial charge in [-0.1, -0.05) is 48.5 Å². The number of urea groups is 1. The van der Waals surface area contributed by atoms with Gasteiger partial charge in [0.05, 0.1) is 17.7 Å². The van der Waals surface area contributed by atoms with E-state index in [0.717, 1.165) is 16.7 Å². The first kappa shape index (κ1) is 23.5. The average molecular weight is 447 g/mol. The van der Waals surface area contributed by atoms with Gasteiger partial charge in [0.2, 0.25) is 0 Å². The predicted molar refractivity (Wildman–Crippen MR) is 126 cm³/mol. The second kappa shape index (κ2) is 10.4. The minimum Gasteiger partial charge on any atom is -0.495 e. The number of methoxy groups -OCH3 is 1. The zero-order valence-corrected chi connectivity index (χ0v) is 18.6. The number of hydrogen-bond donors (Lipinski definition) is 2. The standard InChI is InChI=1S/C25H25N3O5/c1-16-9-10-18(13-17(16)2)14-22(29)24(19-7-5-4-6-8-19)27-25(30)26-21-15-20(28(31)32)11-12-23(21)33-3/h4-13,15,24H,14H2,1-3H3,(H2,26,27,30). The lowest BCUT2D eigenvalue weighted by atomic mass is 9.96. The molecule has 3 aromatic carbocycles. The van der Waals surface area contributed by atoms with Crippen molar-refractivity contribution in [3.63, 3.8) is 0 Å². The van der Waals surface area contributed by atoms with Crippen molar-refractivity contribution < 1.29 is 19.2 Å². The number of carbonyl (C=O) groups is 2. The van der Waals surface area contributed by atoms with Gasteiger partial charge in [-0.15, -0.1) is 0 Å². The normalized spacial score (nSPS) is 11.4. The zero-order valence-electron chi connectivity index (χ0n) is 18.6. The Bertz CT molecular complexity index is 1180. The second-order valence-corrected chi connectivity index (χ2v) is 7.65. The Morgan fingerprint density at radius 1 is 1.00 bits per heavy atom. The van der Waals surface area contributed by atoms with Gasteiger partial charge in [-0.25, -0.2) is 4.79 Å². The van der Waals surface area contributed by atoms with Crippen LogP contribution in [-0.4, -0.2) is 23.8 Å². The molecule has 0 fully saturated rings. The van der Waals surface area contributed by atoms with Gasteiger partial charge in [0.25, 0.3) is 5.69 Å². The number of nitrogens with zero attached hydrogens (tertiary/aromatic N) is 1. The van der Waals surface area contributed by atoms with Crippen LogP contribution in [0.1, 0.15) is 28.3 Å². The topological polar surface area (TPSA) is 111 Å². The zero-order chi connectivity index (χ0) is 24.0. The largest absolute Gasteiger partial charge is 0.495 e. The summed E-state index contributed by atoms with van der Waals surface area (Å²) in [6.07, 6.45) is 0.140. The molecule has 170 valence electrons. The molecule has 0 aliphatic carbocycles. The van der Waals surface area contributed by atoms with Crippen LogP contribution in [-0.2, 0) is 11.2 Å². The molecule has 33 heavy (non-hydrogen) atoms. The summed E-state index contributed by atoms with van der Waals surface area (Å²) in [6, 6.07) is 17.0. The lowest BCUT2D eigenvalue weighted by molar-refractivity contribution is -0.384. The fourth-order valence-electron chi connectivity index (χ4n) is 3.41. The van der Waals surface area contributed by atoms with Crippen molar-refractivity contribution in [1.82, 2.24) is 5.32 Å². The van der Waals surface area contributed by atoms with Crippen molar-refractivity contribution in [2.75, 3.05) is 12.4 Å². The number of carbonyl (C=O) groups excluding carboxylic acids is 2. The smallest absolute Gasteiger partial charge is 0.320 e. The molecule has 0 spiro atoms. The lowest BCUT2D eigenvalue weighted by Crippen LogP contribution is -2.37. The van der Waals surface area contributed by atoms with Crippen molar-refractivity contribution in [2.45, 2.75) is 26.3 Å². The maximum Gasteiger partial charge on any atom is 0.320 e. The van der Waals surface area contributed by atoms with Gasteiger partial charge < -0.3 is 15.4 Å². The number of nitrogens with one attached hydrogen (secondary N) is 2. The van der Waals surface area contributed by atoms with Gasteiger partial charge in [-0.3, -0.25) is 14.9 Å². The molecule has 1 unspecified atom stereocenters. The third-order valence-electron chi connectivity index (χ3n) is 5.32. The van der Waals surface area contributed by atoms with Crippen LogP contribution in [0, 0.1) is 24.0 Å². The van der Waals surface area contributed by atoms with E-state index in [2.05, 4.69) is 10.6 Å².